The number of pyridine rings is 1. The molecule has 6 heteroatoms. The zero-order chi connectivity index (χ0) is 15.7. The highest BCUT2D eigenvalue weighted by atomic mass is 16.5. The Morgan fingerprint density at radius 3 is 2.33 bits per heavy atom. The molecule has 0 atom stereocenters. The lowest BCUT2D eigenvalue weighted by atomic mass is 10.2. The van der Waals surface area contributed by atoms with Crippen LogP contribution >= 0.6 is 0 Å². The maximum Gasteiger partial charge on any atom is 0.337 e. The number of carboxylic acids is 1. The van der Waals surface area contributed by atoms with Crippen LogP contribution in [0.25, 0.3) is 0 Å². The van der Waals surface area contributed by atoms with E-state index in [1.165, 1.54) is 18.5 Å². The summed E-state index contributed by atoms with van der Waals surface area (Å²) in [5.74, 6) is 0.377. The number of nitrogens with zero attached hydrogens (tertiary/aromatic N) is 1. The zero-order valence-electron chi connectivity index (χ0n) is 11.8. The van der Waals surface area contributed by atoms with Crippen molar-refractivity contribution in [1.82, 2.24) is 4.98 Å². The van der Waals surface area contributed by atoms with Crippen molar-refractivity contribution >= 4 is 5.97 Å². The highest BCUT2D eigenvalue weighted by Crippen LogP contribution is 2.27. The van der Waals surface area contributed by atoms with Gasteiger partial charge >= 0.3 is 5.97 Å². The van der Waals surface area contributed by atoms with Gasteiger partial charge in [0.2, 0.25) is 0 Å². The van der Waals surface area contributed by atoms with Crippen LogP contribution in [-0.2, 0) is 6.61 Å². The van der Waals surface area contributed by atoms with Crippen LogP contribution in [0.5, 0.6) is 11.5 Å². The van der Waals surface area contributed by atoms with Crippen LogP contribution in [0.1, 0.15) is 15.9 Å². The summed E-state index contributed by atoms with van der Waals surface area (Å²) in [7, 11) is 3.15. The van der Waals surface area contributed by atoms with E-state index in [0.29, 0.717) is 11.5 Å². The second-order valence-corrected chi connectivity index (χ2v) is 3.89. The van der Waals surface area contributed by atoms with Gasteiger partial charge in [-0.25, -0.2) is 4.79 Å². The second kappa shape index (κ2) is 8.55. The smallest absolute Gasteiger partial charge is 0.337 e. The van der Waals surface area contributed by atoms with Gasteiger partial charge in [-0.05, 0) is 29.8 Å². The fourth-order valence-electron chi connectivity index (χ4n) is 1.47. The molecule has 0 unspecified atom stereocenters. The van der Waals surface area contributed by atoms with Gasteiger partial charge < -0.3 is 19.7 Å². The monoisotopic (exact) mass is 291 g/mol. The molecule has 1 aromatic carbocycles. The minimum absolute atomic E-state index is 0.0142. The largest absolute Gasteiger partial charge is 0.493 e. The van der Waals surface area contributed by atoms with Crippen LogP contribution in [0, 0.1) is 0 Å². The third kappa shape index (κ3) is 5.12. The number of benzene rings is 1. The van der Waals surface area contributed by atoms with Gasteiger partial charge in [0.1, 0.15) is 0 Å². The van der Waals surface area contributed by atoms with Crippen molar-refractivity contribution in [3.05, 3.63) is 53.9 Å². The molecule has 0 fully saturated rings. The highest BCUT2D eigenvalue weighted by molar-refractivity contribution is 5.86. The Balaban J connectivity index is 0.000000219. The molecule has 0 bridgehead atoms. The summed E-state index contributed by atoms with van der Waals surface area (Å²) < 4.78 is 10.1. The topological polar surface area (TPSA) is 88.9 Å². The molecule has 0 aliphatic heterocycles. The number of methoxy groups -OCH3 is 2. The third-order valence-electron chi connectivity index (χ3n) is 2.54. The fourth-order valence-corrected chi connectivity index (χ4v) is 1.47. The Hall–Kier alpha value is -2.60. The standard InChI is InChI=1S/C9H12O3.C6H5NO2/c1-11-8-4-3-7(6-10)5-9(8)12-2;8-6(9)5-2-1-3-7-4-5/h3-5,10H,6H2,1-2H3;1-4H,(H,8,9). The number of carbonyl (C=O) groups is 1. The van der Waals surface area contributed by atoms with E-state index in [4.69, 9.17) is 19.7 Å². The number of aliphatic hydroxyl groups is 1. The van der Waals surface area contributed by atoms with Crippen molar-refractivity contribution in [1.29, 1.82) is 0 Å². The molecular weight excluding hydrogens is 274 g/mol. The molecule has 0 radical (unpaired) electrons. The van der Waals surface area contributed by atoms with Crippen molar-refractivity contribution in [2.45, 2.75) is 6.61 Å². The van der Waals surface area contributed by atoms with Crippen molar-refractivity contribution in [3.63, 3.8) is 0 Å². The van der Waals surface area contributed by atoms with E-state index in [0.717, 1.165) is 5.56 Å². The maximum atomic E-state index is 10.2. The number of ether oxygens (including phenoxy) is 2. The average Bonchev–Trinajstić information content (AvgIpc) is 2.55. The predicted molar refractivity (Wildman–Crippen MR) is 76.7 cm³/mol. The lowest BCUT2D eigenvalue weighted by Gasteiger charge is -2.07. The third-order valence-corrected chi connectivity index (χ3v) is 2.54. The number of aliphatic hydroxyl groups excluding tert-OH is 1. The minimum Gasteiger partial charge on any atom is -0.493 e. The molecule has 0 spiro atoms. The average molecular weight is 291 g/mol. The Kier molecular flexibility index (Phi) is 6.70. The van der Waals surface area contributed by atoms with Gasteiger partial charge in [-0.3, -0.25) is 4.98 Å². The summed E-state index contributed by atoms with van der Waals surface area (Å²) in [5, 5.41) is 17.2. The van der Waals surface area contributed by atoms with Crippen LogP contribution in [-0.4, -0.2) is 35.4 Å². The molecule has 0 amide bonds. The first-order chi connectivity index (χ1) is 10.1. The Bertz CT molecular complexity index is 572. The molecule has 2 rings (SSSR count). The van der Waals surface area contributed by atoms with Gasteiger partial charge in [0.15, 0.2) is 11.5 Å². The van der Waals surface area contributed by atoms with E-state index >= 15 is 0 Å². The fraction of sp³-hybridized carbons (Fsp3) is 0.200. The second-order valence-electron chi connectivity index (χ2n) is 3.89. The zero-order valence-corrected chi connectivity index (χ0v) is 11.8. The van der Waals surface area contributed by atoms with E-state index in [1.54, 1.807) is 38.5 Å². The first-order valence-electron chi connectivity index (χ1n) is 6.07. The van der Waals surface area contributed by atoms with Gasteiger partial charge in [-0.2, -0.15) is 0 Å². The Morgan fingerprint density at radius 2 is 1.90 bits per heavy atom. The molecule has 0 aliphatic carbocycles. The molecule has 21 heavy (non-hydrogen) atoms. The lowest BCUT2D eigenvalue weighted by Crippen LogP contribution is -1.94. The van der Waals surface area contributed by atoms with E-state index < -0.39 is 5.97 Å². The summed E-state index contributed by atoms with van der Waals surface area (Å²) >= 11 is 0. The van der Waals surface area contributed by atoms with Crippen molar-refractivity contribution in [3.8, 4) is 11.5 Å². The van der Waals surface area contributed by atoms with Crippen LogP contribution in [0.3, 0.4) is 0 Å². The number of aromatic nitrogens is 1. The van der Waals surface area contributed by atoms with Crippen molar-refractivity contribution < 1.29 is 24.5 Å². The molecule has 6 nitrogen and oxygen atoms in total. The summed E-state index contributed by atoms with van der Waals surface area (Å²) in [6.45, 7) is 0.0142. The van der Waals surface area contributed by atoms with E-state index in [1.807, 2.05) is 0 Å². The van der Waals surface area contributed by atoms with Crippen LogP contribution in [0.2, 0.25) is 0 Å². The summed E-state index contributed by atoms with van der Waals surface area (Å²) in [6.07, 6.45) is 2.84. The lowest BCUT2D eigenvalue weighted by molar-refractivity contribution is 0.0696. The number of hydrogen-bond donors (Lipinski definition) is 2. The Morgan fingerprint density at radius 1 is 1.19 bits per heavy atom. The van der Waals surface area contributed by atoms with Crippen LogP contribution < -0.4 is 9.47 Å². The highest BCUT2D eigenvalue weighted by Gasteiger charge is 2.02. The number of hydrogen-bond acceptors (Lipinski definition) is 5. The number of carboxylic acid groups (broad SMARTS) is 1. The normalized spacial score (nSPS) is 9.29. The maximum absolute atomic E-state index is 10.2. The number of aromatic carboxylic acids is 1. The summed E-state index contributed by atoms with van der Waals surface area (Å²) in [4.78, 5) is 13.8. The first-order valence-corrected chi connectivity index (χ1v) is 6.07. The Labute approximate surface area is 122 Å². The molecule has 1 aromatic heterocycles. The number of rotatable bonds is 4. The van der Waals surface area contributed by atoms with Gasteiger partial charge in [-0.15, -0.1) is 0 Å². The van der Waals surface area contributed by atoms with Gasteiger partial charge in [0, 0.05) is 12.4 Å². The van der Waals surface area contributed by atoms with Crippen LogP contribution in [0.4, 0.5) is 0 Å². The summed E-state index contributed by atoms with van der Waals surface area (Å²) in [5.41, 5.74) is 1.03. The quantitative estimate of drug-likeness (QED) is 0.895. The molecule has 0 saturated heterocycles. The van der Waals surface area contributed by atoms with Crippen LogP contribution in [0.15, 0.2) is 42.7 Å². The SMILES string of the molecule is COc1ccc(CO)cc1OC.O=C(O)c1cccnc1. The van der Waals surface area contributed by atoms with Gasteiger partial charge in [0.25, 0.3) is 0 Å². The predicted octanol–water partition coefficient (Wildman–Crippen LogP) is 1.98. The summed E-state index contributed by atoms with van der Waals surface area (Å²) in [6, 6.07) is 8.39. The molecule has 0 aliphatic rings. The van der Waals surface area contributed by atoms with E-state index in [9.17, 15) is 4.79 Å². The van der Waals surface area contributed by atoms with Crippen molar-refractivity contribution in [2.75, 3.05) is 14.2 Å². The van der Waals surface area contributed by atoms with E-state index in [-0.39, 0.29) is 12.2 Å². The molecule has 1 heterocycles. The molecule has 0 saturated carbocycles. The molecule has 2 aromatic rings. The van der Waals surface area contributed by atoms with E-state index in [2.05, 4.69) is 4.98 Å². The molecular formula is C15H17NO5. The van der Waals surface area contributed by atoms with Crippen molar-refractivity contribution in [2.24, 2.45) is 0 Å². The van der Waals surface area contributed by atoms with Gasteiger partial charge in [0.05, 0.1) is 26.4 Å². The molecule has 112 valence electrons. The molecule has 2 N–H and O–H groups in total. The minimum atomic E-state index is -0.942. The van der Waals surface area contributed by atoms with Gasteiger partial charge in [-0.1, -0.05) is 6.07 Å². The first kappa shape index (κ1) is 16.5.